The molecule has 2 rings (SSSR count). The maximum absolute atomic E-state index is 5.83. The van der Waals surface area contributed by atoms with Crippen molar-refractivity contribution in [3.8, 4) is 0 Å². The molecule has 2 aromatic rings. The van der Waals surface area contributed by atoms with Gasteiger partial charge in [0.05, 0.1) is 5.69 Å². The Balaban J connectivity index is 1.92. The van der Waals surface area contributed by atoms with E-state index in [0.717, 1.165) is 11.4 Å². The van der Waals surface area contributed by atoms with E-state index in [-0.39, 0.29) is 0 Å². The number of halogens is 1. The maximum Gasteiger partial charge on any atom is 0.189 e. The lowest BCUT2D eigenvalue weighted by Crippen LogP contribution is -2.33. The summed E-state index contributed by atoms with van der Waals surface area (Å²) < 4.78 is 0. The van der Waals surface area contributed by atoms with E-state index in [9.17, 15) is 0 Å². The van der Waals surface area contributed by atoms with E-state index in [0.29, 0.717) is 10.1 Å². The summed E-state index contributed by atoms with van der Waals surface area (Å²) in [5.74, 6) is 0. The Kier molecular flexibility index (Phi) is 4.82. The summed E-state index contributed by atoms with van der Waals surface area (Å²) in [6, 6.07) is 13.4. The number of nitrogens with one attached hydrogen (secondary N) is 3. The number of benzene rings is 2. The molecule has 20 heavy (non-hydrogen) atoms. The molecule has 0 radical (unpaired) electrons. The number of rotatable bonds is 3. The zero-order valence-electron chi connectivity index (χ0n) is 11.3. The molecule has 0 aliphatic carbocycles. The predicted molar refractivity (Wildman–Crippen MR) is 90.3 cm³/mol. The molecule has 0 unspecified atom stereocenters. The molecular formula is C15H16ClN3S. The van der Waals surface area contributed by atoms with Crippen molar-refractivity contribution in [2.45, 2.75) is 13.8 Å². The van der Waals surface area contributed by atoms with Crippen molar-refractivity contribution in [1.29, 1.82) is 0 Å². The third-order valence-electron chi connectivity index (χ3n) is 3.02. The van der Waals surface area contributed by atoms with Crippen LogP contribution in [0.3, 0.4) is 0 Å². The third kappa shape index (κ3) is 3.85. The average Bonchev–Trinajstić information content (AvgIpc) is 2.43. The highest BCUT2D eigenvalue weighted by Gasteiger charge is 2.02. The Morgan fingerprint density at radius 1 is 1.05 bits per heavy atom. The highest BCUT2D eigenvalue weighted by molar-refractivity contribution is 7.80. The Morgan fingerprint density at radius 3 is 2.45 bits per heavy atom. The van der Waals surface area contributed by atoms with Crippen LogP contribution in [0.15, 0.2) is 42.5 Å². The first-order valence-electron chi connectivity index (χ1n) is 6.21. The van der Waals surface area contributed by atoms with Gasteiger partial charge in [-0.2, -0.15) is 0 Å². The minimum atomic E-state index is 0.508. The summed E-state index contributed by atoms with van der Waals surface area (Å²) in [7, 11) is 0. The van der Waals surface area contributed by atoms with Crippen LogP contribution in [-0.4, -0.2) is 5.11 Å². The molecule has 0 saturated carbocycles. The quantitative estimate of drug-likeness (QED) is 0.584. The summed E-state index contributed by atoms with van der Waals surface area (Å²) in [4.78, 5) is 0. The molecule has 5 heteroatoms. The van der Waals surface area contributed by atoms with Gasteiger partial charge in [0, 0.05) is 10.7 Å². The fourth-order valence-electron chi connectivity index (χ4n) is 1.70. The Labute approximate surface area is 129 Å². The molecule has 3 nitrogen and oxygen atoms in total. The first-order chi connectivity index (χ1) is 9.56. The van der Waals surface area contributed by atoms with Gasteiger partial charge in [-0.15, -0.1) is 0 Å². The molecule has 0 spiro atoms. The van der Waals surface area contributed by atoms with Gasteiger partial charge in [-0.3, -0.25) is 10.9 Å². The van der Waals surface area contributed by atoms with Crippen LogP contribution in [0.2, 0.25) is 5.02 Å². The van der Waals surface area contributed by atoms with Gasteiger partial charge in [0.2, 0.25) is 0 Å². The molecule has 0 bridgehead atoms. The first kappa shape index (κ1) is 14.6. The molecule has 0 amide bonds. The zero-order valence-corrected chi connectivity index (χ0v) is 12.9. The van der Waals surface area contributed by atoms with Gasteiger partial charge in [0.25, 0.3) is 0 Å². The van der Waals surface area contributed by atoms with Crippen LogP contribution in [0, 0.1) is 13.8 Å². The summed E-state index contributed by atoms with van der Waals surface area (Å²) >= 11 is 11.1. The van der Waals surface area contributed by atoms with Crippen molar-refractivity contribution in [2.75, 3.05) is 10.7 Å². The molecule has 0 atom stereocenters. The lowest BCUT2D eigenvalue weighted by molar-refractivity contribution is 1.14. The minimum Gasteiger partial charge on any atom is -0.331 e. The second-order valence-corrected chi connectivity index (χ2v) is 5.30. The molecule has 3 N–H and O–H groups in total. The van der Waals surface area contributed by atoms with Crippen LogP contribution in [0.5, 0.6) is 0 Å². The number of thiocarbonyl (C=S) groups is 1. The van der Waals surface area contributed by atoms with Gasteiger partial charge in [0.15, 0.2) is 5.11 Å². The van der Waals surface area contributed by atoms with Gasteiger partial charge in [-0.05, 0) is 67.5 Å². The van der Waals surface area contributed by atoms with E-state index in [1.54, 1.807) is 0 Å². The normalized spacial score (nSPS) is 9.95. The molecule has 0 aliphatic rings. The monoisotopic (exact) mass is 305 g/mol. The molecule has 0 aromatic heterocycles. The van der Waals surface area contributed by atoms with Crippen molar-refractivity contribution in [2.24, 2.45) is 0 Å². The van der Waals surface area contributed by atoms with Crippen molar-refractivity contribution in [1.82, 2.24) is 5.43 Å². The standard InChI is InChI=1S/C15H16ClN3S/c1-10-4-3-5-14(11(10)2)17-15(20)19-18-13-8-6-12(16)7-9-13/h3-9,18H,1-2H3,(H2,17,19,20). The van der Waals surface area contributed by atoms with E-state index in [4.69, 9.17) is 23.8 Å². The van der Waals surface area contributed by atoms with E-state index >= 15 is 0 Å². The number of hydrogen-bond donors (Lipinski definition) is 3. The summed E-state index contributed by atoms with van der Waals surface area (Å²) in [6.07, 6.45) is 0. The lowest BCUT2D eigenvalue weighted by atomic mass is 10.1. The molecule has 2 aromatic carbocycles. The third-order valence-corrected chi connectivity index (χ3v) is 3.47. The van der Waals surface area contributed by atoms with Crippen LogP contribution in [0.25, 0.3) is 0 Å². The van der Waals surface area contributed by atoms with Crippen LogP contribution in [0.4, 0.5) is 11.4 Å². The maximum atomic E-state index is 5.83. The average molecular weight is 306 g/mol. The van der Waals surface area contributed by atoms with Gasteiger partial charge in [0.1, 0.15) is 0 Å². The number of aryl methyl sites for hydroxylation is 1. The van der Waals surface area contributed by atoms with Crippen LogP contribution >= 0.6 is 23.8 Å². The smallest absolute Gasteiger partial charge is 0.189 e. The van der Waals surface area contributed by atoms with E-state index in [1.807, 2.05) is 36.4 Å². The lowest BCUT2D eigenvalue weighted by Gasteiger charge is -2.15. The highest BCUT2D eigenvalue weighted by Crippen LogP contribution is 2.17. The van der Waals surface area contributed by atoms with E-state index in [1.165, 1.54) is 11.1 Å². The minimum absolute atomic E-state index is 0.508. The SMILES string of the molecule is Cc1cccc(NC(=S)NNc2ccc(Cl)cc2)c1C. The molecule has 0 aliphatic heterocycles. The van der Waals surface area contributed by atoms with E-state index < -0.39 is 0 Å². The summed E-state index contributed by atoms with van der Waals surface area (Å²) in [6.45, 7) is 4.13. The van der Waals surface area contributed by atoms with Crippen LogP contribution < -0.4 is 16.2 Å². The first-order valence-corrected chi connectivity index (χ1v) is 6.99. The highest BCUT2D eigenvalue weighted by atomic mass is 35.5. The number of hydrazine groups is 1. The molecule has 0 heterocycles. The largest absolute Gasteiger partial charge is 0.331 e. The van der Waals surface area contributed by atoms with Gasteiger partial charge in [-0.25, -0.2) is 0 Å². The van der Waals surface area contributed by atoms with Crippen LogP contribution in [0.1, 0.15) is 11.1 Å². The van der Waals surface area contributed by atoms with Crippen molar-refractivity contribution < 1.29 is 0 Å². The van der Waals surface area contributed by atoms with Gasteiger partial charge < -0.3 is 5.32 Å². The molecule has 0 saturated heterocycles. The second-order valence-electron chi connectivity index (χ2n) is 4.46. The van der Waals surface area contributed by atoms with Gasteiger partial charge in [-0.1, -0.05) is 23.7 Å². The molecule has 104 valence electrons. The van der Waals surface area contributed by atoms with E-state index in [2.05, 4.69) is 36.1 Å². The van der Waals surface area contributed by atoms with Gasteiger partial charge >= 0.3 is 0 Å². The summed E-state index contributed by atoms with van der Waals surface area (Å²) in [5.41, 5.74) is 10.3. The van der Waals surface area contributed by atoms with Crippen LogP contribution in [-0.2, 0) is 0 Å². The number of anilines is 2. The molecule has 0 fully saturated rings. The Hall–Kier alpha value is -1.78. The fraction of sp³-hybridized carbons (Fsp3) is 0.133. The zero-order chi connectivity index (χ0) is 14.5. The topological polar surface area (TPSA) is 36.1 Å². The predicted octanol–water partition coefficient (Wildman–Crippen LogP) is 4.27. The second kappa shape index (κ2) is 6.59. The van der Waals surface area contributed by atoms with Crippen molar-refractivity contribution in [3.63, 3.8) is 0 Å². The molecular weight excluding hydrogens is 290 g/mol. The summed E-state index contributed by atoms with van der Waals surface area (Å²) in [5, 5.41) is 4.37. The van der Waals surface area contributed by atoms with Crippen molar-refractivity contribution in [3.05, 3.63) is 58.6 Å². The number of hydrogen-bond acceptors (Lipinski definition) is 2. The Morgan fingerprint density at radius 2 is 1.75 bits per heavy atom. The van der Waals surface area contributed by atoms with Crippen molar-refractivity contribution >= 4 is 40.3 Å². The fourth-order valence-corrected chi connectivity index (χ4v) is 1.99. The Bertz CT molecular complexity index is 611.